The second kappa shape index (κ2) is 5.36. The molecule has 0 aliphatic heterocycles. The molecule has 0 radical (unpaired) electrons. The third-order valence-electron chi connectivity index (χ3n) is 4.30. The van der Waals surface area contributed by atoms with Crippen LogP contribution in [0.4, 0.5) is 0 Å². The van der Waals surface area contributed by atoms with Gasteiger partial charge in [0.05, 0.1) is 5.56 Å². The van der Waals surface area contributed by atoms with Crippen molar-refractivity contribution in [2.45, 2.75) is 32.1 Å². The standard InChI is InChI=1S/C19H20O2/c1-14-6-5-8-16(12-14)18(20)21-13-19(10-11-19)17-9-4-3-7-15(17)2/h3-9,12H,10-11,13H2,1-2H3. The highest BCUT2D eigenvalue weighted by Crippen LogP contribution is 2.49. The van der Waals surface area contributed by atoms with Crippen LogP contribution < -0.4 is 0 Å². The molecule has 1 fully saturated rings. The highest BCUT2D eigenvalue weighted by Gasteiger charge is 2.46. The van der Waals surface area contributed by atoms with Crippen molar-refractivity contribution >= 4 is 5.97 Å². The summed E-state index contributed by atoms with van der Waals surface area (Å²) in [5.74, 6) is -0.224. The molecule has 2 aromatic carbocycles. The Labute approximate surface area is 125 Å². The van der Waals surface area contributed by atoms with Crippen molar-refractivity contribution < 1.29 is 9.53 Å². The summed E-state index contributed by atoms with van der Waals surface area (Å²) in [6.07, 6.45) is 2.19. The van der Waals surface area contributed by atoms with Gasteiger partial charge in [0, 0.05) is 5.41 Å². The molecule has 108 valence electrons. The van der Waals surface area contributed by atoms with Gasteiger partial charge < -0.3 is 4.74 Å². The van der Waals surface area contributed by atoms with Crippen LogP contribution in [0.1, 0.15) is 39.9 Å². The highest BCUT2D eigenvalue weighted by atomic mass is 16.5. The van der Waals surface area contributed by atoms with Crippen molar-refractivity contribution in [3.8, 4) is 0 Å². The van der Waals surface area contributed by atoms with Gasteiger partial charge in [0.15, 0.2) is 0 Å². The number of hydrogen-bond donors (Lipinski definition) is 0. The Morgan fingerprint density at radius 2 is 1.86 bits per heavy atom. The van der Waals surface area contributed by atoms with Gasteiger partial charge in [-0.15, -0.1) is 0 Å². The minimum absolute atomic E-state index is 0.0465. The zero-order chi connectivity index (χ0) is 14.9. The summed E-state index contributed by atoms with van der Waals surface area (Å²) in [5, 5.41) is 0. The van der Waals surface area contributed by atoms with E-state index in [0.717, 1.165) is 18.4 Å². The lowest BCUT2D eigenvalue weighted by atomic mass is 9.93. The molecular weight excluding hydrogens is 260 g/mol. The minimum Gasteiger partial charge on any atom is -0.461 e. The van der Waals surface area contributed by atoms with E-state index in [9.17, 15) is 4.79 Å². The summed E-state index contributed by atoms with van der Waals surface area (Å²) < 4.78 is 5.58. The van der Waals surface area contributed by atoms with Crippen LogP contribution in [0.15, 0.2) is 48.5 Å². The smallest absolute Gasteiger partial charge is 0.338 e. The van der Waals surface area contributed by atoms with Gasteiger partial charge in [-0.25, -0.2) is 4.79 Å². The van der Waals surface area contributed by atoms with Crippen LogP contribution >= 0.6 is 0 Å². The maximum Gasteiger partial charge on any atom is 0.338 e. The molecular formula is C19H20O2. The minimum atomic E-state index is -0.224. The zero-order valence-corrected chi connectivity index (χ0v) is 12.6. The van der Waals surface area contributed by atoms with Crippen molar-refractivity contribution in [2.75, 3.05) is 6.61 Å². The van der Waals surface area contributed by atoms with Gasteiger partial charge >= 0.3 is 5.97 Å². The molecule has 0 spiro atoms. The summed E-state index contributed by atoms with van der Waals surface area (Å²) in [7, 11) is 0. The monoisotopic (exact) mass is 280 g/mol. The first kappa shape index (κ1) is 13.9. The molecule has 0 N–H and O–H groups in total. The fourth-order valence-corrected chi connectivity index (χ4v) is 2.87. The second-order valence-electron chi connectivity index (χ2n) is 6.04. The lowest BCUT2D eigenvalue weighted by molar-refractivity contribution is 0.0465. The quantitative estimate of drug-likeness (QED) is 0.785. The third kappa shape index (κ3) is 2.85. The van der Waals surface area contributed by atoms with Crippen molar-refractivity contribution in [3.05, 3.63) is 70.8 Å². The number of benzene rings is 2. The predicted molar refractivity (Wildman–Crippen MR) is 83.6 cm³/mol. The van der Waals surface area contributed by atoms with Crippen molar-refractivity contribution in [1.29, 1.82) is 0 Å². The molecule has 0 unspecified atom stereocenters. The first-order chi connectivity index (χ1) is 10.1. The molecule has 3 rings (SSSR count). The number of carbonyl (C=O) groups excluding carboxylic acids is 1. The van der Waals surface area contributed by atoms with Gasteiger partial charge in [-0.2, -0.15) is 0 Å². The van der Waals surface area contributed by atoms with E-state index in [1.165, 1.54) is 11.1 Å². The van der Waals surface area contributed by atoms with Gasteiger partial charge in [0.1, 0.15) is 6.61 Å². The molecule has 0 saturated heterocycles. The van der Waals surface area contributed by atoms with Gasteiger partial charge in [-0.3, -0.25) is 0 Å². The van der Waals surface area contributed by atoms with E-state index in [2.05, 4.69) is 25.1 Å². The topological polar surface area (TPSA) is 26.3 Å². The van der Waals surface area contributed by atoms with Crippen LogP contribution in [0.3, 0.4) is 0 Å². The van der Waals surface area contributed by atoms with Gasteiger partial charge in [-0.05, 0) is 49.9 Å². The van der Waals surface area contributed by atoms with Crippen molar-refractivity contribution in [1.82, 2.24) is 0 Å². The van der Waals surface area contributed by atoms with Gasteiger partial charge in [-0.1, -0.05) is 42.0 Å². The zero-order valence-electron chi connectivity index (χ0n) is 12.6. The number of aryl methyl sites for hydroxylation is 2. The molecule has 2 aromatic rings. The molecule has 0 amide bonds. The lowest BCUT2D eigenvalue weighted by Crippen LogP contribution is -2.19. The molecule has 1 aliphatic carbocycles. The van der Waals surface area contributed by atoms with E-state index in [-0.39, 0.29) is 11.4 Å². The molecule has 2 heteroatoms. The van der Waals surface area contributed by atoms with E-state index >= 15 is 0 Å². The Kier molecular flexibility index (Phi) is 3.54. The number of ether oxygens (including phenoxy) is 1. The summed E-state index contributed by atoms with van der Waals surface area (Å²) in [6.45, 7) is 4.58. The molecule has 21 heavy (non-hydrogen) atoms. The first-order valence-electron chi connectivity index (χ1n) is 7.41. The van der Waals surface area contributed by atoms with E-state index < -0.39 is 0 Å². The third-order valence-corrected chi connectivity index (χ3v) is 4.30. The van der Waals surface area contributed by atoms with E-state index in [1.54, 1.807) is 0 Å². The molecule has 2 nitrogen and oxygen atoms in total. The Bertz CT molecular complexity index is 669. The molecule has 0 bridgehead atoms. The largest absolute Gasteiger partial charge is 0.461 e. The lowest BCUT2D eigenvalue weighted by Gasteiger charge is -2.18. The Balaban J connectivity index is 1.71. The van der Waals surface area contributed by atoms with E-state index in [4.69, 9.17) is 4.74 Å². The van der Waals surface area contributed by atoms with Crippen molar-refractivity contribution in [3.63, 3.8) is 0 Å². The summed E-state index contributed by atoms with van der Waals surface area (Å²) in [5.41, 5.74) is 4.36. The molecule has 0 atom stereocenters. The van der Waals surface area contributed by atoms with E-state index in [1.807, 2.05) is 37.3 Å². The highest BCUT2D eigenvalue weighted by molar-refractivity contribution is 5.89. The summed E-state index contributed by atoms with van der Waals surface area (Å²) in [6, 6.07) is 15.9. The average Bonchev–Trinajstić information content (AvgIpc) is 3.26. The maximum absolute atomic E-state index is 12.2. The summed E-state index contributed by atoms with van der Waals surface area (Å²) >= 11 is 0. The van der Waals surface area contributed by atoms with Crippen LogP contribution in [-0.4, -0.2) is 12.6 Å². The molecule has 1 aliphatic rings. The molecule has 0 heterocycles. The van der Waals surface area contributed by atoms with Crippen LogP contribution in [0.2, 0.25) is 0 Å². The molecule has 0 aromatic heterocycles. The number of hydrogen-bond acceptors (Lipinski definition) is 2. The van der Waals surface area contributed by atoms with Crippen LogP contribution in [0, 0.1) is 13.8 Å². The van der Waals surface area contributed by atoms with Crippen molar-refractivity contribution in [2.24, 2.45) is 0 Å². The van der Waals surface area contributed by atoms with Gasteiger partial charge in [0.2, 0.25) is 0 Å². The number of esters is 1. The fraction of sp³-hybridized carbons (Fsp3) is 0.316. The normalized spacial score (nSPS) is 15.5. The average molecular weight is 280 g/mol. The van der Waals surface area contributed by atoms with E-state index in [0.29, 0.717) is 12.2 Å². The SMILES string of the molecule is Cc1cccc(C(=O)OCC2(c3ccccc3C)CC2)c1. The molecule has 1 saturated carbocycles. The van der Waals surface area contributed by atoms with Crippen LogP contribution in [-0.2, 0) is 10.2 Å². The second-order valence-corrected chi connectivity index (χ2v) is 6.04. The predicted octanol–water partition coefficient (Wildman–Crippen LogP) is 4.19. The van der Waals surface area contributed by atoms with Crippen LogP contribution in [0.25, 0.3) is 0 Å². The van der Waals surface area contributed by atoms with Crippen LogP contribution in [0.5, 0.6) is 0 Å². The maximum atomic E-state index is 12.2. The summed E-state index contributed by atoms with van der Waals surface area (Å²) in [4.78, 5) is 12.2. The number of rotatable bonds is 4. The fourth-order valence-electron chi connectivity index (χ4n) is 2.87. The number of carbonyl (C=O) groups is 1. The Morgan fingerprint density at radius 3 is 2.52 bits per heavy atom. The first-order valence-corrected chi connectivity index (χ1v) is 7.41. The Morgan fingerprint density at radius 1 is 1.10 bits per heavy atom. The Hall–Kier alpha value is -2.09. The van der Waals surface area contributed by atoms with Gasteiger partial charge in [0.25, 0.3) is 0 Å².